The van der Waals surface area contributed by atoms with Crippen molar-refractivity contribution >= 4 is 0 Å². The summed E-state index contributed by atoms with van der Waals surface area (Å²) in [6, 6.07) is 10.3. The molecule has 0 unspecified atom stereocenters. The first-order valence-corrected chi connectivity index (χ1v) is 6.13. The molecule has 0 N–H and O–H groups in total. The van der Waals surface area contributed by atoms with Gasteiger partial charge in [-0.1, -0.05) is 12.1 Å². The van der Waals surface area contributed by atoms with Gasteiger partial charge in [0.2, 0.25) is 0 Å². The molecule has 0 spiro atoms. The summed E-state index contributed by atoms with van der Waals surface area (Å²) in [5.41, 5.74) is 0.614. The molecule has 1 aromatic rings. The number of benzene rings is 1. The van der Waals surface area contributed by atoms with Crippen molar-refractivity contribution in [2.24, 2.45) is 0 Å². The lowest BCUT2D eigenvalue weighted by Gasteiger charge is -2.15. The van der Waals surface area contributed by atoms with E-state index in [1.807, 2.05) is 18.2 Å². The molecule has 90 valence electrons. The zero-order valence-electron chi connectivity index (χ0n) is 10.2. The summed E-state index contributed by atoms with van der Waals surface area (Å²) in [6.45, 7) is 1.75. The van der Waals surface area contributed by atoms with Crippen molar-refractivity contribution in [3.63, 3.8) is 0 Å². The van der Waals surface area contributed by atoms with Gasteiger partial charge < -0.3 is 9.64 Å². The molecule has 3 heteroatoms. The molecule has 0 atom stereocenters. The van der Waals surface area contributed by atoms with Crippen LogP contribution in [0.4, 0.5) is 0 Å². The van der Waals surface area contributed by atoms with Crippen molar-refractivity contribution in [2.75, 3.05) is 20.2 Å². The highest BCUT2D eigenvalue weighted by Gasteiger charge is 2.25. The minimum Gasteiger partial charge on any atom is -0.492 e. The van der Waals surface area contributed by atoms with Crippen LogP contribution in [0.3, 0.4) is 0 Å². The zero-order valence-corrected chi connectivity index (χ0v) is 10.2. The van der Waals surface area contributed by atoms with E-state index in [0.717, 1.165) is 19.0 Å². The van der Waals surface area contributed by atoms with Crippen LogP contribution in [0.25, 0.3) is 0 Å². The van der Waals surface area contributed by atoms with Crippen LogP contribution in [-0.2, 0) is 0 Å². The number of rotatable bonds is 6. The summed E-state index contributed by atoms with van der Waals surface area (Å²) in [7, 11) is 2.17. The summed E-state index contributed by atoms with van der Waals surface area (Å²) in [5, 5.41) is 8.91. The lowest BCUT2D eigenvalue weighted by atomic mass is 10.2. The molecule has 0 aliphatic heterocycles. The van der Waals surface area contributed by atoms with Crippen LogP contribution in [0.1, 0.15) is 24.8 Å². The highest BCUT2D eigenvalue weighted by Crippen LogP contribution is 2.25. The molecule has 2 rings (SSSR count). The van der Waals surface area contributed by atoms with Crippen molar-refractivity contribution in [3.8, 4) is 11.8 Å². The van der Waals surface area contributed by atoms with E-state index in [4.69, 9.17) is 10.00 Å². The van der Waals surface area contributed by atoms with Gasteiger partial charge in [-0.15, -0.1) is 0 Å². The molecule has 0 heterocycles. The quantitative estimate of drug-likeness (QED) is 0.704. The van der Waals surface area contributed by atoms with Crippen LogP contribution in [0, 0.1) is 11.3 Å². The fraction of sp³-hybridized carbons (Fsp3) is 0.500. The highest BCUT2D eigenvalue weighted by atomic mass is 16.5. The van der Waals surface area contributed by atoms with E-state index in [1.54, 1.807) is 6.07 Å². The summed E-state index contributed by atoms with van der Waals surface area (Å²) in [4.78, 5) is 2.39. The summed E-state index contributed by atoms with van der Waals surface area (Å²) < 4.78 is 5.63. The summed E-state index contributed by atoms with van der Waals surface area (Å²) >= 11 is 0. The Bertz CT molecular complexity index is 407. The van der Waals surface area contributed by atoms with Crippen LogP contribution in [-0.4, -0.2) is 31.1 Å². The van der Waals surface area contributed by atoms with Crippen LogP contribution < -0.4 is 4.74 Å². The lowest BCUT2D eigenvalue weighted by Crippen LogP contribution is -2.23. The predicted molar refractivity (Wildman–Crippen MR) is 66.9 cm³/mol. The second kappa shape index (κ2) is 5.70. The lowest BCUT2D eigenvalue weighted by molar-refractivity contribution is 0.257. The van der Waals surface area contributed by atoms with Crippen LogP contribution in [0.5, 0.6) is 5.75 Å². The average molecular weight is 230 g/mol. The molecule has 1 aliphatic rings. The molecule has 17 heavy (non-hydrogen) atoms. The number of hydrogen-bond donors (Lipinski definition) is 0. The number of nitrogens with zero attached hydrogens (tertiary/aromatic N) is 2. The van der Waals surface area contributed by atoms with Crippen LogP contribution in [0.2, 0.25) is 0 Å². The SMILES string of the molecule is CN(CCCOc1ccccc1C#N)C1CC1. The van der Waals surface area contributed by atoms with Crippen molar-refractivity contribution < 1.29 is 4.74 Å². The van der Waals surface area contributed by atoms with Crippen LogP contribution in [0.15, 0.2) is 24.3 Å². The number of hydrogen-bond acceptors (Lipinski definition) is 3. The van der Waals surface area contributed by atoms with E-state index in [-0.39, 0.29) is 0 Å². The van der Waals surface area contributed by atoms with Crippen molar-refractivity contribution in [1.29, 1.82) is 5.26 Å². The Morgan fingerprint density at radius 3 is 2.88 bits per heavy atom. The Kier molecular flexibility index (Phi) is 4.00. The molecular weight excluding hydrogens is 212 g/mol. The van der Waals surface area contributed by atoms with Crippen molar-refractivity contribution in [1.82, 2.24) is 4.90 Å². The maximum atomic E-state index is 8.91. The highest BCUT2D eigenvalue weighted by molar-refractivity contribution is 5.42. The van der Waals surface area contributed by atoms with E-state index in [9.17, 15) is 0 Å². The molecule has 0 amide bonds. The Morgan fingerprint density at radius 2 is 2.18 bits per heavy atom. The molecule has 0 bridgehead atoms. The molecule has 1 fully saturated rings. The molecule has 0 saturated heterocycles. The number of para-hydroxylation sites is 1. The first-order valence-electron chi connectivity index (χ1n) is 6.13. The minimum absolute atomic E-state index is 0.614. The second-order valence-corrected chi connectivity index (χ2v) is 4.52. The van der Waals surface area contributed by atoms with Gasteiger partial charge in [-0.2, -0.15) is 5.26 Å². The number of ether oxygens (including phenoxy) is 1. The van der Waals surface area contributed by atoms with E-state index in [1.165, 1.54) is 12.8 Å². The Labute approximate surface area is 103 Å². The van der Waals surface area contributed by atoms with Gasteiger partial charge in [0.1, 0.15) is 11.8 Å². The zero-order chi connectivity index (χ0) is 12.1. The van der Waals surface area contributed by atoms with Crippen molar-refractivity contribution in [3.05, 3.63) is 29.8 Å². The molecule has 3 nitrogen and oxygen atoms in total. The van der Waals surface area contributed by atoms with Gasteiger partial charge in [0.15, 0.2) is 0 Å². The molecule has 1 aromatic carbocycles. The molecule has 0 radical (unpaired) electrons. The van der Waals surface area contributed by atoms with Gasteiger partial charge in [0.25, 0.3) is 0 Å². The monoisotopic (exact) mass is 230 g/mol. The predicted octanol–water partition coefficient (Wildman–Crippen LogP) is 2.42. The van der Waals surface area contributed by atoms with E-state index in [0.29, 0.717) is 17.9 Å². The van der Waals surface area contributed by atoms with Gasteiger partial charge >= 0.3 is 0 Å². The van der Waals surface area contributed by atoms with Gasteiger partial charge in [0, 0.05) is 12.6 Å². The molecule has 1 saturated carbocycles. The Hall–Kier alpha value is -1.53. The summed E-state index contributed by atoms with van der Waals surface area (Å²) in [5.74, 6) is 0.698. The third-order valence-corrected chi connectivity index (χ3v) is 3.09. The standard InChI is InChI=1S/C14H18N2O/c1-16(13-7-8-13)9-4-10-17-14-6-3-2-5-12(14)11-15/h2-3,5-6,13H,4,7-10H2,1H3. The maximum Gasteiger partial charge on any atom is 0.137 e. The fourth-order valence-corrected chi connectivity index (χ4v) is 1.88. The molecular formula is C14H18N2O. The third kappa shape index (κ3) is 3.47. The average Bonchev–Trinajstić information content (AvgIpc) is 3.19. The topological polar surface area (TPSA) is 36.3 Å². The first kappa shape index (κ1) is 11.9. The van der Waals surface area contributed by atoms with Crippen LogP contribution >= 0.6 is 0 Å². The Morgan fingerprint density at radius 1 is 1.41 bits per heavy atom. The van der Waals surface area contributed by atoms with E-state index < -0.39 is 0 Å². The van der Waals surface area contributed by atoms with Gasteiger partial charge in [0.05, 0.1) is 12.2 Å². The largest absolute Gasteiger partial charge is 0.492 e. The van der Waals surface area contributed by atoms with E-state index in [2.05, 4.69) is 18.0 Å². The normalized spacial score (nSPS) is 14.6. The van der Waals surface area contributed by atoms with Crippen molar-refractivity contribution in [2.45, 2.75) is 25.3 Å². The first-order chi connectivity index (χ1) is 8.31. The van der Waals surface area contributed by atoms with Gasteiger partial charge in [-0.3, -0.25) is 0 Å². The number of nitriles is 1. The van der Waals surface area contributed by atoms with E-state index >= 15 is 0 Å². The van der Waals surface area contributed by atoms with Gasteiger partial charge in [-0.25, -0.2) is 0 Å². The third-order valence-electron chi connectivity index (χ3n) is 3.09. The second-order valence-electron chi connectivity index (χ2n) is 4.52. The van der Waals surface area contributed by atoms with Gasteiger partial charge in [-0.05, 0) is 38.4 Å². The summed E-state index contributed by atoms with van der Waals surface area (Å²) in [6.07, 6.45) is 3.69. The smallest absolute Gasteiger partial charge is 0.137 e. The Balaban J connectivity index is 1.72. The maximum absolute atomic E-state index is 8.91. The minimum atomic E-state index is 0.614. The molecule has 1 aliphatic carbocycles. The fourth-order valence-electron chi connectivity index (χ4n) is 1.88. The molecule has 0 aromatic heterocycles.